The number of carbonyl (C=O) groups excluding carboxylic acids is 1. The van der Waals surface area contributed by atoms with E-state index >= 15 is 0 Å². The van der Waals surface area contributed by atoms with Crippen molar-refractivity contribution in [2.24, 2.45) is 0 Å². The Labute approximate surface area is 105 Å². The molecule has 0 spiro atoms. The Bertz CT molecular complexity index is 302. The lowest BCUT2D eigenvalue weighted by Gasteiger charge is -2.42. The Kier molecular flexibility index (Phi) is 3.61. The SMILES string of the molecule is CC(=O)O[N+]1(C(C)(C)C)CCN(C(C)(C)C)C1. The van der Waals surface area contributed by atoms with Gasteiger partial charge in [-0.3, -0.25) is 4.84 Å². The number of carbonyl (C=O) groups is 1. The first kappa shape index (κ1) is 14.5. The first-order valence-electron chi connectivity index (χ1n) is 6.30. The second-order valence-corrected chi connectivity index (χ2v) is 6.94. The van der Waals surface area contributed by atoms with Crippen LogP contribution in [-0.2, 0) is 9.63 Å². The van der Waals surface area contributed by atoms with Crippen LogP contribution >= 0.6 is 0 Å². The molecule has 1 fully saturated rings. The van der Waals surface area contributed by atoms with Gasteiger partial charge >= 0.3 is 5.97 Å². The molecule has 1 unspecified atom stereocenters. The molecule has 0 radical (unpaired) electrons. The molecule has 1 aliphatic rings. The largest absolute Gasteiger partial charge is 0.363 e. The van der Waals surface area contributed by atoms with Gasteiger partial charge in [0.15, 0.2) is 6.67 Å². The van der Waals surface area contributed by atoms with Crippen molar-refractivity contribution >= 4 is 5.97 Å². The summed E-state index contributed by atoms with van der Waals surface area (Å²) in [5.74, 6) is -0.198. The zero-order valence-corrected chi connectivity index (χ0v) is 12.3. The van der Waals surface area contributed by atoms with Gasteiger partial charge in [-0.15, -0.1) is 4.65 Å². The lowest BCUT2D eigenvalue weighted by Crippen LogP contribution is -2.60. The third kappa shape index (κ3) is 2.99. The predicted octanol–water partition coefficient (Wildman–Crippen LogP) is 2.15. The summed E-state index contributed by atoms with van der Waals surface area (Å²) < 4.78 is 0.402. The van der Waals surface area contributed by atoms with E-state index in [0.717, 1.165) is 19.8 Å². The highest BCUT2D eigenvalue weighted by Crippen LogP contribution is 2.33. The van der Waals surface area contributed by atoms with Crippen LogP contribution < -0.4 is 0 Å². The molecule has 0 amide bonds. The maximum atomic E-state index is 11.4. The van der Waals surface area contributed by atoms with Crippen LogP contribution in [0.3, 0.4) is 0 Å². The van der Waals surface area contributed by atoms with E-state index in [9.17, 15) is 4.79 Å². The molecule has 0 bridgehead atoms. The molecule has 1 aliphatic heterocycles. The Morgan fingerprint density at radius 3 is 2.00 bits per heavy atom. The van der Waals surface area contributed by atoms with E-state index in [1.165, 1.54) is 6.92 Å². The van der Waals surface area contributed by atoms with Crippen LogP contribution in [0.2, 0.25) is 0 Å². The highest BCUT2D eigenvalue weighted by Gasteiger charge is 2.52. The first-order valence-corrected chi connectivity index (χ1v) is 6.30. The molecule has 1 heterocycles. The zero-order valence-electron chi connectivity index (χ0n) is 12.3. The topological polar surface area (TPSA) is 29.5 Å². The first-order chi connectivity index (χ1) is 7.48. The zero-order chi connectivity index (χ0) is 13.5. The molecule has 1 atom stereocenters. The van der Waals surface area contributed by atoms with Crippen molar-refractivity contribution in [2.45, 2.75) is 59.5 Å². The summed E-state index contributed by atoms with van der Waals surface area (Å²) in [6.45, 7) is 17.1. The monoisotopic (exact) mass is 243 g/mol. The smallest absolute Gasteiger partial charge is 0.275 e. The average molecular weight is 243 g/mol. The van der Waals surface area contributed by atoms with Crippen LogP contribution in [0.4, 0.5) is 0 Å². The van der Waals surface area contributed by atoms with Crippen LogP contribution in [0, 0.1) is 0 Å². The van der Waals surface area contributed by atoms with Gasteiger partial charge in [-0.25, -0.2) is 9.69 Å². The Morgan fingerprint density at radius 1 is 1.18 bits per heavy atom. The van der Waals surface area contributed by atoms with Gasteiger partial charge in [0.05, 0.1) is 6.54 Å². The van der Waals surface area contributed by atoms with Gasteiger partial charge in [0.25, 0.3) is 0 Å². The van der Waals surface area contributed by atoms with E-state index in [4.69, 9.17) is 4.84 Å². The molecule has 4 heteroatoms. The number of hydrogen-bond acceptors (Lipinski definition) is 3. The van der Waals surface area contributed by atoms with Crippen molar-refractivity contribution in [3.05, 3.63) is 0 Å². The fourth-order valence-electron chi connectivity index (χ4n) is 2.25. The van der Waals surface area contributed by atoms with E-state index in [-0.39, 0.29) is 17.0 Å². The molecule has 0 aliphatic carbocycles. The van der Waals surface area contributed by atoms with Crippen LogP contribution in [0.5, 0.6) is 0 Å². The summed E-state index contributed by atoms with van der Waals surface area (Å²) in [6, 6.07) is 0. The highest BCUT2D eigenvalue weighted by atomic mass is 16.8. The van der Waals surface area contributed by atoms with Gasteiger partial charge < -0.3 is 0 Å². The fraction of sp³-hybridized carbons (Fsp3) is 0.923. The lowest BCUT2D eigenvalue weighted by molar-refractivity contribution is -1.12. The van der Waals surface area contributed by atoms with Crippen molar-refractivity contribution in [1.29, 1.82) is 0 Å². The lowest BCUT2D eigenvalue weighted by atomic mass is 10.1. The highest BCUT2D eigenvalue weighted by molar-refractivity contribution is 5.65. The number of hydrogen-bond donors (Lipinski definition) is 0. The Morgan fingerprint density at radius 2 is 1.71 bits per heavy atom. The molecule has 0 aromatic carbocycles. The summed E-state index contributed by atoms with van der Waals surface area (Å²) in [5, 5.41) is 0. The number of quaternary nitrogens is 1. The van der Waals surface area contributed by atoms with Gasteiger partial charge in [0, 0.05) is 12.5 Å². The molecule has 0 N–H and O–H groups in total. The van der Waals surface area contributed by atoms with Crippen molar-refractivity contribution in [3.8, 4) is 0 Å². The minimum atomic E-state index is -0.198. The van der Waals surface area contributed by atoms with Crippen molar-refractivity contribution in [2.75, 3.05) is 19.8 Å². The second kappa shape index (κ2) is 4.25. The van der Waals surface area contributed by atoms with Crippen LogP contribution in [-0.4, -0.2) is 46.4 Å². The molecule has 4 nitrogen and oxygen atoms in total. The third-order valence-electron chi connectivity index (χ3n) is 3.60. The summed E-state index contributed by atoms with van der Waals surface area (Å²) in [6.07, 6.45) is 0. The van der Waals surface area contributed by atoms with Gasteiger partial charge in [0.2, 0.25) is 0 Å². The Hall–Kier alpha value is -0.610. The molecule has 0 saturated carbocycles. The van der Waals surface area contributed by atoms with E-state index in [1.807, 2.05) is 0 Å². The maximum absolute atomic E-state index is 11.4. The number of hydroxylamine groups is 3. The minimum Gasteiger partial charge on any atom is -0.275 e. The molecule has 100 valence electrons. The number of nitrogens with zero attached hydrogens (tertiary/aromatic N) is 2. The molecule has 1 rings (SSSR count). The Balaban J connectivity index is 2.94. The quantitative estimate of drug-likeness (QED) is 0.661. The summed E-state index contributed by atoms with van der Waals surface area (Å²) in [5.41, 5.74) is 0.0249. The summed E-state index contributed by atoms with van der Waals surface area (Å²) >= 11 is 0. The molecular formula is C13H27N2O2+. The van der Waals surface area contributed by atoms with Gasteiger partial charge in [0.1, 0.15) is 12.1 Å². The summed E-state index contributed by atoms with van der Waals surface area (Å²) in [4.78, 5) is 19.4. The third-order valence-corrected chi connectivity index (χ3v) is 3.60. The number of rotatable bonds is 1. The van der Waals surface area contributed by atoms with Gasteiger partial charge in [-0.1, -0.05) is 0 Å². The standard InChI is InChI=1S/C13H27N2O2/c1-11(16)17-15(13(5,6)7)9-8-14(10-15)12(2,3)4/h8-10H2,1-7H3/q+1. The normalized spacial score (nSPS) is 27.2. The summed E-state index contributed by atoms with van der Waals surface area (Å²) in [7, 11) is 0. The molecule has 17 heavy (non-hydrogen) atoms. The molecule has 1 saturated heterocycles. The molecule has 0 aromatic heterocycles. The van der Waals surface area contributed by atoms with Gasteiger partial charge in [-0.2, -0.15) is 0 Å². The predicted molar refractivity (Wildman–Crippen MR) is 68.0 cm³/mol. The fourth-order valence-corrected chi connectivity index (χ4v) is 2.25. The van der Waals surface area contributed by atoms with Crippen LogP contribution in [0.1, 0.15) is 48.5 Å². The van der Waals surface area contributed by atoms with E-state index < -0.39 is 0 Å². The van der Waals surface area contributed by atoms with Crippen LogP contribution in [0.15, 0.2) is 0 Å². The van der Waals surface area contributed by atoms with Crippen molar-refractivity contribution in [1.82, 2.24) is 4.90 Å². The van der Waals surface area contributed by atoms with Crippen molar-refractivity contribution in [3.63, 3.8) is 0 Å². The minimum absolute atomic E-state index is 0.0916. The van der Waals surface area contributed by atoms with Crippen molar-refractivity contribution < 1.29 is 14.3 Å². The molecule has 0 aromatic rings. The van der Waals surface area contributed by atoms with E-state index in [2.05, 4.69) is 46.4 Å². The second-order valence-electron chi connectivity index (χ2n) is 6.94. The van der Waals surface area contributed by atoms with E-state index in [1.54, 1.807) is 0 Å². The van der Waals surface area contributed by atoms with Crippen LogP contribution in [0.25, 0.3) is 0 Å². The average Bonchev–Trinajstić information content (AvgIpc) is 2.45. The molecular weight excluding hydrogens is 216 g/mol. The van der Waals surface area contributed by atoms with E-state index in [0.29, 0.717) is 4.65 Å². The van der Waals surface area contributed by atoms with Gasteiger partial charge in [-0.05, 0) is 41.5 Å². The maximum Gasteiger partial charge on any atom is 0.363 e.